The Labute approximate surface area is 230 Å². The van der Waals surface area contributed by atoms with Gasteiger partial charge in [-0.15, -0.1) is 0 Å². The van der Waals surface area contributed by atoms with E-state index in [9.17, 15) is 9.59 Å². The number of hydrogen-bond donors (Lipinski definition) is 1. The minimum Gasteiger partial charge on any atom is -0.496 e. The van der Waals surface area contributed by atoms with E-state index in [1.165, 1.54) is 17.5 Å². The highest BCUT2D eigenvalue weighted by molar-refractivity contribution is 5.96. The average molecular weight is 525 g/mol. The Morgan fingerprint density at radius 3 is 2.54 bits per heavy atom. The van der Waals surface area contributed by atoms with Gasteiger partial charge in [0.05, 0.1) is 7.11 Å². The van der Waals surface area contributed by atoms with Crippen molar-refractivity contribution in [1.29, 1.82) is 0 Å². The van der Waals surface area contributed by atoms with Gasteiger partial charge in [0, 0.05) is 36.6 Å². The molecule has 2 aliphatic rings. The lowest BCUT2D eigenvalue weighted by Gasteiger charge is -2.35. The number of benzene rings is 2. The second-order valence-corrected chi connectivity index (χ2v) is 10.8. The summed E-state index contributed by atoms with van der Waals surface area (Å²) in [4.78, 5) is 31.7. The Hall–Kier alpha value is -3.92. The maximum absolute atomic E-state index is 13.9. The zero-order valence-electron chi connectivity index (χ0n) is 22.8. The molecule has 0 unspecified atom stereocenters. The van der Waals surface area contributed by atoms with Crippen LogP contribution in [0.25, 0.3) is 0 Å². The lowest BCUT2D eigenvalue weighted by molar-refractivity contribution is -0.126. The molecule has 39 heavy (non-hydrogen) atoms. The van der Waals surface area contributed by atoms with E-state index in [4.69, 9.17) is 4.74 Å². The number of hydrogen-bond acceptors (Lipinski definition) is 5. The van der Waals surface area contributed by atoms with E-state index in [-0.39, 0.29) is 17.6 Å². The maximum atomic E-state index is 13.9. The number of anilines is 1. The molecule has 0 bridgehead atoms. The molecule has 0 atom stereocenters. The molecule has 7 heteroatoms. The third-order valence-electron chi connectivity index (χ3n) is 8.23. The van der Waals surface area contributed by atoms with Crippen LogP contribution in [0, 0.1) is 30.6 Å². The summed E-state index contributed by atoms with van der Waals surface area (Å²) in [5.74, 6) is 8.81. The monoisotopic (exact) mass is 524 g/mol. The Morgan fingerprint density at radius 2 is 1.85 bits per heavy atom. The summed E-state index contributed by atoms with van der Waals surface area (Å²) in [5.41, 5.74) is 4.24. The summed E-state index contributed by atoms with van der Waals surface area (Å²) in [5, 5.41) is 6.60. The number of rotatable bonds is 6. The third-order valence-corrected chi connectivity index (χ3v) is 8.23. The number of nitrogens with one attached hydrogen (secondary N) is 1. The van der Waals surface area contributed by atoms with Gasteiger partial charge in [0.15, 0.2) is 0 Å². The molecule has 5 rings (SSSR count). The van der Waals surface area contributed by atoms with Gasteiger partial charge in [-0.25, -0.2) is 4.98 Å². The van der Waals surface area contributed by atoms with Crippen molar-refractivity contribution in [2.24, 2.45) is 11.8 Å². The number of Topliss-reactive ketones (excluding diaryl/α,β-unsaturated/α-hetero) is 1. The van der Waals surface area contributed by atoms with Crippen molar-refractivity contribution in [1.82, 2.24) is 15.2 Å². The fourth-order valence-electron chi connectivity index (χ4n) is 5.97. The number of amides is 1. The second kappa shape index (κ2) is 12.3. The zero-order valence-corrected chi connectivity index (χ0v) is 22.8. The molecule has 0 aliphatic heterocycles. The van der Waals surface area contributed by atoms with Crippen molar-refractivity contribution in [2.75, 3.05) is 18.6 Å². The fraction of sp³-hybridized carbons (Fsp3) is 0.438. The molecule has 1 N–H and O–H groups in total. The Kier molecular flexibility index (Phi) is 8.41. The molecule has 7 nitrogen and oxygen atoms in total. The number of carbonyl (C=O) groups excluding carboxylic acids is 2. The van der Waals surface area contributed by atoms with Gasteiger partial charge in [0.2, 0.25) is 11.7 Å². The first-order chi connectivity index (χ1) is 19.0. The van der Waals surface area contributed by atoms with E-state index in [2.05, 4.69) is 52.1 Å². The average Bonchev–Trinajstić information content (AvgIpc) is 3.49. The van der Waals surface area contributed by atoms with Crippen LogP contribution in [-0.4, -0.2) is 40.5 Å². The van der Waals surface area contributed by atoms with E-state index in [0.29, 0.717) is 49.9 Å². The number of aryl methyl sites for hydroxylation is 1. The molecule has 2 fully saturated rings. The van der Waals surface area contributed by atoms with Crippen molar-refractivity contribution >= 4 is 17.4 Å². The number of carbonyl (C=O) groups is 2. The highest BCUT2D eigenvalue weighted by Gasteiger charge is 2.32. The normalized spacial score (nSPS) is 19.7. The predicted octanol–water partition coefficient (Wildman–Crippen LogP) is 5.59. The molecular formula is C32H36N4O3. The van der Waals surface area contributed by atoms with Crippen LogP contribution in [-0.2, 0) is 9.59 Å². The van der Waals surface area contributed by atoms with Gasteiger partial charge in [-0.2, -0.15) is 5.10 Å². The quantitative estimate of drug-likeness (QED) is 0.425. The first-order valence-electron chi connectivity index (χ1n) is 13.9. The van der Waals surface area contributed by atoms with E-state index in [1.807, 2.05) is 29.2 Å². The van der Waals surface area contributed by atoms with Crippen LogP contribution in [0.2, 0.25) is 0 Å². The lowest BCUT2D eigenvalue weighted by atomic mass is 9.78. The molecule has 0 spiro atoms. The van der Waals surface area contributed by atoms with Crippen LogP contribution in [0.4, 0.5) is 5.69 Å². The number of ether oxygens (including phenoxy) is 1. The van der Waals surface area contributed by atoms with E-state index >= 15 is 0 Å². The molecule has 1 heterocycles. The van der Waals surface area contributed by atoms with Crippen molar-refractivity contribution in [3.8, 4) is 17.6 Å². The fourth-order valence-corrected chi connectivity index (χ4v) is 5.97. The highest BCUT2D eigenvalue weighted by atomic mass is 16.5. The van der Waals surface area contributed by atoms with E-state index in [1.54, 1.807) is 7.11 Å². The Balaban J connectivity index is 1.32. The van der Waals surface area contributed by atoms with Crippen molar-refractivity contribution < 1.29 is 14.3 Å². The van der Waals surface area contributed by atoms with Crippen molar-refractivity contribution in [3.05, 3.63) is 71.3 Å². The number of ketones is 1. The first-order valence-corrected chi connectivity index (χ1v) is 13.9. The number of aromatic nitrogens is 3. The number of nitrogens with zero attached hydrogens (tertiary/aromatic N) is 3. The summed E-state index contributed by atoms with van der Waals surface area (Å²) < 4.78 is 5.44. The van der Waals surface area contributed by atoms with Gasteiger partial charge in [-0.3, -0.25) is 14.7 Å². The van der Waals surface area contributed by atoms with Crippen molar-refractivity contribution in [3.63, 3.8) is 0 Å². The lowest BCUT2D eigenvalue weighted by Crippen LogP contribution is -2.41. The summed E-state index contributed by atoms with van der Waals surface area (Å²) in [6.07, 6.45) is 8.09. The van der Waals surface area contributed by atoms with Gasteiger partial charge in [0.25, 0.3) is 0 Å². The molecule has 202 valence electrons. The van der Waals surface area contributed by atoms with Crippen LogP contribution in [0.5, 0.6) is 5.75 Å². The SMILES string of the molecule is COc1ccc(C2CCC(CN(C(=O)C3CCC(=O)CC3)c3cccc(C#Cc4ncn[nH]4)c3)CC2)cc1C. The van der Waals surface area contributed by atoms with Gasteiger partial charge >= 0.3 is 0 Å². The van der Waals surface area contributed by atoms with Gasteiger partial charge in [-0.1, -0.05) is 24.1 Å². The predicted molar refractivity (Wildman–Crippen MR) is 151 cm³/mol. The largest absolute Gasteiger partial charge is 0.496 e. The van der Waals surface area contributed by atoms with E-state index < -0.39 is 0 Å². The molecule has 2 aromatic carbocycles. The third kappa shape index (κ3) is 6.57. The Bertz CT molecular complexity index is 1350. The van der Waals surface area contributed by atoms with Crippen molar-refractivity contribution in [2.45, 2.75) is 64.2 Å². The number of aromatic amines is 1. The van der Waals surface area contributed by atoms with E-state index in [0.717, 1.165) is 42.7 Å². The van der Waals surface area contributed by atoms with Crippen LogP contribution in [0.15, 0.2) is 48.8 Å². The summed E-state index contributed by atoms with van der Waals surface area (Å²) in [6.45, 7) is 2.79. The number of methoxy groups -OCH3 is 1. The second-order valence-electron chi connectivity index (χ2n) is 10.8. The summed E-state index contributed by atoms with van der Waals surface area (Å²) >= 11 is 0. The minimum atomic E-state index is -0.106. The van der Waals surface area contributed by atoms with Crippen LogP contribution in [0.1, 0.15) is 79.8 Å². The zero-order chi connectivity index (χ0) is 27.2. The topological polar surface area (TPSA) is 88.2 Å². The van der Waals surface area contributed by atoms with Gasteiger partial charge in [-0.05, 0) is 98.6 Å². The molecule has 2 aliphatic carbocycles. The molecule has 1 amide bonds. The summed E-state index contributed by atoms with van der Waals surface area (Å²) in [6, 6.07) is 14.4. The molecule has 3 aromatic rings. The standard InChI is InChI=1S/C32H36N4O3/c1-22-18-27(13-16-30(22)39-2)25-9-6-24(7-10-25)20-36(32(38)26-11-14-29(37)15-12-26)28-5-3-4-23(19-28)8-17-31-33-21-34-35-31/h3-5,13,16,18-19,21,24-26H,6-7,9-12,14-15,20H2,1-2H3,(H,33,34,35). The molecule has 0 radical (unpaired) electrons. The molecule has 2 saturated carbocycles. The van der Waals surface area contributed by atoms with Crippen LogP contribution in [0.3, 0.4) is 0 Å². The molecule has 1 aromatic heterocycles. The maximum Gasteiger partial charge on any atom is 0.230 e. The smallest absolute Gasteiger partial charge is 0.230 e. The summed E-state index contributed by atoms with van der Waals surface area (Å²) in [7, 11) is 1.71. The van der Waals surface area contributed by atoms with Gasteiger partial charge in [0.1, 0.15) is 17.9 Å². The number of H-pyrrole nitrogens is 1. The Morgan fingerprint density at radius 1 is 1.05 bits per heavy atom. The minimum absolute atomic E-state index is 0.106. The molecular weight excluding hydrogens is 488 g/mol. The first kappa shape index (κ1) is 26.7. The van der Waals surface area contributed by atoms with Crippen LogP contribution < -0.4 is 9.64 Å². The highest BCUT2D eigenvalue weighted by Crippen LogP contribution is 2.38. The van der Waals surface area contributed by atoms with Gasteiger partial charge < -0.3 is 9.64 Å². The van der Waals surface area contributed by atoms with Crippen LogP contribution >= 0.6 is 0 Å². The molecule has 0 saturated heterocycles.